The molecule has 2 aliphatic rings. The van der Waals surface area contributed by atoms with Crippen molar-refractivity contribution in [3.8, 4) is 0 Å². The van der Waals surface area contributed by atoms with Gasteiger partial charge >= 0.3 is 0 Å². The third kappa shape index (κ3) is 2.55. The van der Waals surface area contributed by atoms with Crippen molar-refractivity contribution in [3.63, 3.8) is 0 Å². The quantitative estimate of drug-likeness (QED) is 0.772. The molecule has 0 spiro atoms. The van der Waals surface area contributed by atoms with Crippen LogP contribution in [0.5, 0.6) is 0 Å². The molecular formula is C12H22N2O2. The number of nitrogens with zero attached hydrogens (tertiary/aromatic N) is 1. The molecule has 0 aliphatic carbocycles. The van der Waals surface area contributed by atoms with Crippen LogP contribution in [0.3, 0.4) is 0 Å². The Morgan fingerprint density at radius 1 is 1.38 bits per heavy atom. The van der Waals surface area contributed by atoms with E-state index in [0.717, 1.165) is 32.4 Å². The van der Waals surface area contributed by atoms with E-state index >= 15 is 0 Å². The van der Waals surface area contributed by atoms with Crippen molar-refractivity contribution in [2.45, 2.75) is 44.2 Å². The highest BCUT2D eigenvalue weighted by Gasteiger charge is 2.33. The fraction of sp³-hybridized carbons (Fsp3) is 0.917. The van der Waals surface area contributed by atoms with Crippen molar-refractivity contribution >= 4 is 5.91 Å². The summed E-state index contributed by atoms with van der Waals surface area (Å²) in [6, 6.07) is 0.368. The molecule has 4 nitrogen and oxygen atoms in total. The van der Waals surface area contributed by atoms with Crippen molar-refractivity contribution in [2.75, 3.05) is 26.8 Å². The second-order valence-corrected chi connectivity index (χ2v) is 4.79. The lowest BCUT2D eigenvalue weighted by Gasteiger charge is -2.30. The molecule has 2 atom stereocenters. The molecule has 0 saturated carbocycles. The van der Waals surface area contributed by atoms with Crippen LogP contribution >= 0.6 is 0 Å². The third-order valence-electron chi connectivity index (χ3n) is 3.63. The van der Waals surface area contributed by atoms with E-state index in [1.807, 2.05) is 4.90 Å². The molecule has 0 radical (unpaired) electrons. The van der Waals surface area contributed by atoms with E-state index in [9.17, 15) is 4.79 Å². The van der Waals surface area contributed by atoms with E-state index in [1.54, 1.807) is 7.11 Å². The zero-order chi connectivity index (χ0) is 11.4. The number of rotatable bonds is 3. The Hall–Kier alpha value is -0.610. The van der Waals surface area contributed by atoms with Gasteiger partial charge in [0.15, 0.2) is 0 Å². The van der Waals surface area contributed by atoms with Gasteiger partial charge in [-0.05, 0) is 32.2 Å². The summed E-state index contributed by atoms with van der Waals surface area (Å²) in [5.41, 5.74) is 0. The van der Waals surface area contributed by atoms with Crippen molar-refractivity contribution in [1.82, 2.24) is 10.2 Å². The van der Waals surface area contributed by atoms with Crippen LogP contribution < -0.4 is 5.32 Å². The van der Waals surface area contributed by atoms with Crippen molar-refractivity contribution < 1.29 is 9.53 Å². The molecular weight excluding hydrogens is 204 g/mol. The Labute approximate surface area is 97.3 Å². The monoisotopic (exact) mass is 226 g/mol. The van der Waals surface area contributed by atoms with Gasteiger partial charge in [0.2, 0.25) is 5.91 Å². The minimum atomic E-state index is 0.0613. The molecule has 2 heterocycles. The van der Waals surface area contributed by atoms with E-state index < -0.39 is 0 Å². The SMILES string of the molecule is COC[C@H]1CCCN1C(=O)[C@@H]1CCCCN1. The molecule has 4 heteroatoms. The van der Waals surface area contributed by atoms with Gasteiger partial charge in [-0.3, -0.25) is 4.79 Å². The van der Waals surface area contributed by atoms with Crippen molar-refractivity contribution in [2.24, 2.45) is 0 Å². The number of carbonyl (C=O) groups excluding carboxylic acids is 1. The fourth-order valence-electron chi connectivity index (χ4n) is 2.75. The van der Waals surface area contributed by atoms with Crippen LogP contribution in [-0.4, -0.2) is 49.7 Å². The maximum atomic E-state index is 12.3. The van der Waals surface area contributed by atoms with E-state index in [-0.39, 0.29) is 6.04 Å². The molecule has 0 bridgehead atoms. The molecule has 16 heavy (non-hydrogen) atoms. The molecule has 1 N–H and O–H groups in total. The first-order valence-corrected chi connectivity index (χ1v) is 6.35. The van der Waals surface area contributed by atoms with Crippen LogP contribution in [0.4, 0.5) is 0 Å². The fourth-order valence-corrected chi connectivity index (χ4v) is 2.75. The largest absolute Gasteiger partial charge is 0.383 e. The van der Waals surface area contributed by atoms with Crippen LogP contribution in [-0.2, 0) is 9.53 Å². The number of nitrogens with one attached hydrogen (secondary N) is 1. The topological polar surface area (TPSA) is 41.6 Å². The molecule has 2 saturated heterocycles. The van der Waals surface area contributed by atoms with Gasteiger partial charge in [0, 0.05) is 13.7 Å². The van der Waals surface area contributed by atoms with Crippen LogP contribution in [0, 0.1) is 0 Å². The number of hydrogen-bond acceptors (Lipinski definition) is 3. The predicted octanol–water partition coefficient (Wildman–Crippen LogP) is 0.766. The normalized spacial score (nSPS) is 30.7. The second kappa shape index (κ2) is 5.64. The summed E-state index contributed by atoms with van der Waals surface area (Å²) in [4.78, 5) is 14.3. The van der Waals surface area contributed by atoms with Crippen LogP contribution in [0.1, 0.15) is 32.1 Å². The van der Waals surface area contributed by atoms with Gasteiger partial charge in [-0.2, -0.15) is 0 Å². The Kier molecular flexibility index (Phi) is 4.18. The van der Waals surface area contributed by atoms with Gasteiger partial charge in [0.05, 0.1) is 18.7 Å². The summed E-state index contributed by atoms with van der Waals surface area (Å²) < 4.78 is 5.18. The number of carbonyl (C=O) groups is 1. The number of likely N-dealkylation sites (tertiary alicyclic amines) is 1. The molecule has 92 valence electrons. The third-order valence-corrected chi connectivity index (χ3v) is 3.63. The first-order valence-electron chi connectivity index (χ1n) is 6.35. The summed E-state index contributed by atoms with van der Waals surface area (Å²) in [6.07, 6.45) is 5.57. The number of methoxy groups -OCH3 is 1. The van der Waals surface area contributed by atoms with Crippen molar-refractivity contribution in [3.05, 3.63) is 0 Å². The second-order valence-electron chi connectivity index (χ2n) is 4.79. The molecule has 0 aromatic rings. The Morgan fingerprint density at radius 3 is 2.94 bits per heavy atom. The van der Waals surface area contributed by atoms with E-state index in [4.69, 9.17) is 4.74 Å². The highest BCUT2D eigenvalue weighted by atomic mass is 16.5. The predicted molar refractivity (Wildman–Crippen MR) is 62.3 cm³/mol. The summed E-state index contributed by atoms with van der Waals surface area (Å²) in [6.45, 7) is 2.57. The zero-order valence-corrected chi connectivity index (χ0v) is 10.1. The van der Waals surface area contributed by atoms with Gasteiger partial charge in [0.25, 0.3) is 0 Å². The van der Waals surface area contributed by atoms with Gasteiger partial charge in [0.1, 0.15) is 0 Å². The smallest absolute Gasteiger partial charge is 0.240 e. The maximum absolute atomic E-state index is 12.3. The molecule has 0 aromatic carbocycles. The Balaban J connectivity index is 1.91. The molecule has 2 aliphatic heterocycles. The first kappa shape index (κ1) is 11.9. The van der Waals surface area contributed by atoms with Gasteiger partial charge in [-0.25, -0.2) is 0 Å². The lowest BCUT2D eigenvalue weighted by molar-refractivity contribution is -0.135. The minimum absolute atomic E-state index is 0.0613. The first-order chi connectivity index (χ1) is 7.83. The molecule has 2 rings (SSSR count). The minimum Gasteiger partial charge on any atom is -0.383 e. The molecule has 1 amide bonds. The summed E-state index contributed by atoms with van der Waals surface area (Å²) in [7, 11) is 1.71. The maximum Gasteiger partial charge on any atom is 0.240 e. The van der Waals surface area contributed by atoms with E-state index in [1.165, 1.54) is 12.8 Å². The van der Waals surface area contributed by atoms with Crippen molar-refractivity contribution in [1.29, 1.82) is 0 Å². The number of ether oxygens (including phenoxy) is 1. The number of piperidine rings is 1. The van der Waals surface area contributed by atoms with Gasteiger partial charge in [-0.15, -0.1) is 0 Å². The van der Waals surface area contributed by atoms with E-state index in [2.05, 4.69) is 5.32 Å². The van der Waals surface area contributed by atoms with Crippen LogP contribution in [0.2, 0.25) is 0 Å². The van der Waals surface area contributed by atoms with Gasteiger partial charge in [-0.1, -0.05) is 6.42 Å². The Bertz CT molecular complexity index is 239. The lowest BCUT2D eigenvalue weighted by Crippen LogP contribution is -2.50. The average molecular weight is 226 g/mol. The highest BCUT2D eigenvalue weighted by Crippen LogP contribution is 2.20. The van der Waals surface area contributed by atoms with E-state index in [0.29, 0.717) is 18.6 Å². The molecule has 0 aromatic heterocycles. The summed E-state index contributed by atoms with van der Waals surface area (Å²) in [5.74, 6) is 0.291. The molecule has 0 unspecified atom stereocenters. The highest BCUT2D eigenvalue weighted by molar-refractivity contribution is 5.82. The summed E-state index contributed by atoms with van der Waals surface area (Å²) >= 11 is 0. The lowest BCUT2D eigenvalue weighted by atomic mass is 10.0. The number of hydrogen-bond donors (Lipinski definition) is 1. The average Bonchev–Trinajstić information content (AvgIpc) is 2.78. The van der Waals surface area contributed by atoms with Crippen LogP contribution in [0.15, 0.2) is 0 Å². The molecule has 2 fully saturated rings. The van der Waals surface area contributed by atoms with Gasteiger partial charge < -0.3 is 15.0 Å². The standard InChI is InChI=1S/C12H22N2O2/c1-16-9-10-5-4-8-14(10)12(15)11-6-2-3-7-13-11/h10-11,13H,2-9H2,1H3/t10-,11+/m1/s1. The zero-order valence-electron chi connectivity index (χ0n) is 10.1. The Morgan fingerprint density at radius 2 is 2.25 bits per heavy atom. The number of amides is 1. The summed E-state index contributed by atoms with van der Waals surface area (Å²) in [5, 5.41) is 3.33. The van der Waals surface area contributed by atoms with Crippen LogP contribution in [0.25, 0.3) is 0 Å².